The third kappa shape index (κ3) is 5.76. The van der Waals surface area contributed by atoms with Crippen LogP contribution in [-0.2, 0) is 10.7 Å². The van der Waals surface area contributed by atoms with E-state index in [-0.39, 0.29) is 17.5 Å². The highest BCUT2D eigenvalue weighted by atomic mass is 19.3. The Morgan fingerprint density at radius 2 is 1.93 bits per heavy atom. The van der Waals surface area contributed by atoms with E-state index in [0.717, 1.165) is 38.3 Å². The van der Waals surface area contributed by atoms with E-state index in [4.69, 9.17) is 0 Å². The molecule has 0 radical (unpaired) electrons. The van der Waals surface area contributed by atoms with Crippen LogP contribution in [0.1, 0.15) is 44.1 Å². The quantitative estimate of drug-likeness (QED) is 0.378. The number of alkyl halides is 2. The second kappa shape index (κ2) is 10.5. The molecule has 164 valence electrons. The van der Waals surface area contributed by atoms with Crippen molar-refractivity contribution in [2.75, 3.05) is 13.1 Å². The van der Waals surface area contributed by atoms with Gasteiger partial charge in [-0.3, -0.25) is 9.80 Å². The third-order valence-electron chi connectivity index (χ3n) is 5.42. The van der Waals surface area contributed by atoms with Crippen LogP contribution in [0.3, 0.4) is 0 Å². The van der Waals surface area contributed by atoms with Crippen LogP contribution in [-0.4, -0.2) is 52.5 Å². The van der Waals surface area contributed by atoms with Crippen molar-refractivity contribution in [1.82, 2.24) is 21.0 Å². The van der Waals surface area contributed by atoms with Gasteiger partial charge in [0.2, 0.25) is 5.91 Å². The Morgan fingerprint density at radius 1 is 1.20 bits per heavy atom. The molecule has 9 heteroatoms. The monoisotopic (exact) mass is 421 g/mol. The van der Waals surface area contributed by atoms with Gasteiger partial charge in [0, 0.05) is 25.1 Å². The predicted molar refractivity (Wildman–Crippen MR) is 110 cm³/mol. The number of hydrogen-bond acceptors (Lipinski definition) is 6. The molecule has 1 saturated heterocycles. The van der Waals surface area contributed by atoms with Gasteiger partial charge in [-0.05, 0) is 19.3 Å². The lowest BCUT2D eigenvalue weighted by Crippen LogP contribution is -2.37. The van der Waals surface area contributed by atoms with Crippen molar-refractivity contribution < 1.29 is 18.7 Å². The van der Waals surface area contributed by atoms with Gasteiger partial charge in [0.15, 0.2) is 0 Å². The average molecular weight is 421 g/mol. The second-order valence-corrected chi connectivity index (χ2v) is 7.59. The molecule has 0 aliphatic carbocycles. The van der Waals surface area contributed by atoms with Crippen molar-refractivity contribution in [3.05, 3.63) is 48.0 Å². The highest BCUT2D eigenvalue weighted by Gasteiger charge is 2.39. The standard InChI is InChI=1S/C21H29F2N5O2/c22-21(23,17-8-4-3-5-9-17)19(29)12-10-18-11-13-20(30)28(18)15-7-2-1-6-14-27-16-24-25-26-27/h3-5,8-10,12,16,18-19,25-26,29H,1-2,6-7,11,13-15H2/b12-10+/t18-,19+/m0/s1. The maximum absolute atomic E-state index is 14.4. The number of aliphatic hydroxyl groups excluding tert-OH is 1. The van der Waals surface area contributed by atoms with Crippen molar-refractivity contribution in [1.29, 1.82) is 0 Å². The smallest absolute Gasteiger partial charge is 0.302 e. The van der Waals surface area contributed by atoms with E-state index in [1.807, 2.05) is 5.01 Å². The number of hydrazine groups is 2. The number of aliphatic hydroxyl groups is 1. The molecule has 0 spiro atoms. The number of unbranched alkanes of at least 4 members (excludes halogenated alkanes) is 3. The van der Waals surface area contributed by atoms with Crippen molar-refractivity contribution in [2.24, 2.45) is 5.10 Å². The molecule has 2 aliphatic heterocycles. The number of hydrazone groups is 1. The van der Waals surface area contributed by atoms with Gasteiger partial charge in [-0.2, -0.15) is 13.9 Å². The van der Waals surface area contributed by atoms with Gasteiger partial charge in [-0.1, -0.05) is 55.3 Å². The minimum absolute atomic E-state index is 0.0394. The minimum atomic E-state index is -3.38. The summed E-state index contributed by atoms with van der Waals surface area (Å²) < 4.78 is 28.9. The fourth-order valence-corrected chi connectivity index (χ4v) is 3.68. The first-order valence-corrected chi connectivity index (χ1v) is 10.4. The molecule has 1 amide bonds. The van der Waals surface area contributed by atoms with Gasteiger partial charge < -0.3 is 10.0 Å². The van der Waals surface area contributed by atoms with E-state index in [0.29, 0.717) is 19.4 Å². The number of likely N-dealkylation sites (tertiary alicyclic amines) is 1. The predicted octanol–water partition coefficient (Wildman–Crippen LogP) is 2.51. The number of carbonyl (C=O) groups is 1. The molecule has 30 heavy (non-hydrogen) atoms. The van der Waals surface area contributed by atoms with Gasteiger partial charge >= 0.3 is 5.92 Å². The van der Waals surface area contributed by atoms with Crippen LogP contribution in [0.4, 0.5) is 8.78 Å². The summed E-state index contributed by atoms with van der Waals surface area (Å²) in [6, 6.07) is 7.04. The normalized spacial score (nSPS) is 20.4. The first kappa shape index (κ1) is 22.2. The lowest BCUT2D eigenvalue weighted by atomic mass is 10.0. The van der Waals surface area contributed by atoms with Crippen molar-refractivity contribution >= 4 is 12.2 Å². The van der Waals surface area contributed by atoms with Crippen molar-refractivity contribution in [3.8, 4) is 0 Å². The minimum Gasteiger partial charge on any atom is -0.382 e. The molecular weight excluding hydrogens is 392 g/mol. The number of rotatable bonds is 11. The summed E-state index contributed by atoms with van der Waals surface area (Å²) in [6.07, 6.45) is 7.30. The first-order valence-electron chi connectivity index (χ1n) is 10.4. The van der Waals surface area contributed by atoms with E-state index in [1.165, 1.54) is 24.3 Å². The Hall–Kier alpha value is -2.52. The van der Waals surface area contributed by atoms with Crippen LogP contribution < -0.4 is 11.1 Å². The van der Waals surface area contributed by atoms with E-state index in [9.17, 15) is 18.7 Å². The SMILES string of the molecule is O=C1CC[C@H](/C=C/[C@@H](O)C(F)(F)c2ccccc2)N1CCCCCCN1C=NNN1. The summed E-state index contributed by atoms with van der Waals surface area (Å²) in [5, 5.41) is 15.7. The van der Waals surface area contributed by atoms with Gasteiger partial charge in [-0.25, -0.2) is 5.53 Å². The molecule has 3 N–H and O–H groups in total. The van der Waals surface area contributed by atoms with Crippen LogP contribution in [0.5, 0.6) is 0 Å². The summed E-state index contributed by atoms with van der Waals surface area (Å²) in [4.78, 5) is 13.9. The molecule has 2 atom stereocenters. The number of carbonyl (C=O) groups excluding carboxylic acids is 1. The molecule has 1 aromatic carbocycles. The molecule has 0 aromatic heterocycles. The Bertz CT molecular complexity index is 744. The highest BCUT2D eigenvalue weighted by molar-refractivity contribution is 5.79. The van der Waals surface area contributed by atoms with E-state index >= 15 is 0 Å². The Morgan fingerprint density at radius 3 is 2.63 bits per heavy atom. The number of halogens is 2. The first-order chi connectivity index (χ1) is 14.5. The molecule has 7 nitrogen and oxygen atoms in total. The number of nitrogens with zero attached hydrogens (tertiary/aromatic N) is 3. The van der Waals surface area contributed by atoms with Crippen LogP contribution in [0.15, 0.2) is 47.6 Å². The molecule has 0 saturated carbocycles. The zero-order valence-corrected chi connectivity index (χ0v) is 16.9. The molecule has 0 bridgehead atoms. The molecule has 0 unspecified atom stereocenters. The summed E-state index contributed by atoms with van der Waals surface area (Å²) in [5.41, 5.74) is 5.29. The van der Waals surface area contributed by atoms with E-state index in [2.05, 4.69) is 16.2 Å². The molecule has 1 aromatic rings. The molecule has 2 aliphatic rings. The maximum Gasteiger partial charge on any atom is 0.302 e. The zero-order chi connectivity index (χ0) is 21.4. The van der Waals surface area contributed by atoms with Gasteiger partial charge in [0.1, 0.15) is 12.4 Å². The lowest BCUT2D eigenvalue weighted by Gasteiger charge is -2.24. The van der Waals surface area contributed by atoms with E-state index < -0.39 is 12.0 Å². The molecule has 3 rings (SSSR count). The van der Waals surface area contributed by atoms with Crippen LogP contribution >= 0.6 is 0 Å². The van der Waals surface area contributed by atoms with Gasteiger partial charge in [-0.15, -0.1) is 5.53 Å². The second-order valence-electron chi connectivity index (χ2n) is 7.59. The van der Waals surface area contributed by atoms with Gasteiger partial charge in [0.05, 0.1) is 6.04 Å². The Labute approximate surface area is 175 Å². The fourth-order valence-electron chi connectivity index (χ4n) is 3.68. The largest absolute Gasteiger partial charge is 0.382 e. The van der Waals surface area contributed by atoms with Crippen molar-refractivity contribution in [2.45, 2.75) is 56.6 Å². The fraction of sp³-hybridized carbons (Fsp3) is 0.524. The number of benzene rings is 1. The summed E-state index contributed by atoms with van der Waals surface area (Å²) in [7, 11) is 0. The zero-order valence-electron chi connectivity index (χ0n) is 16.9. The van der Waals surface area contributed by atoms with Gasteiger partial charge in [0.25, 0.3) is 0 Å². The number of nitrogens with one attached hydrogen (secondary N) is 2. The highest BCUT2D eigenvalue weighted by Crippen LogP contribution is 2.32. The average Bonchev–Trinajstić information content (AvgIpc) is 3.39. The topological polar surface area (TPSA) is 80.2 Å². The van der Waals surface area contributed by atoms with Crippen LogP contribution in [0.25, 0.3) is 0 Å². The van der Waals surface area contributed by atoms with Crippen molar-refractivity contribution in [3.63, 3.8) is 0 Å². The lowest BCUT2D eigenvalue weighted by molar-refractivity contribution is -0.128. The molecule has 1 fully saturated rings. The summed E-state index contributed by atoms with van der Waals surface area (Å²) in [6.45, 7) is 1.45. The third-order valence-corrected chi connectivity index (χ3v) is 5.42. The number of hydrogen-bond donors (Lipinski definition) is 3. The summed E-state index contributed by atoms with van der Waals surface area (Å²) in [5.74, 6) is -3.34. The van der Waals surface area contributed by atoms with E-state index in [1.54, 1.807) is 23.4 Å². The van der Waals surface area contributed by atoms with Crippen LogP contribution in [0.2, 0.25) is 0 Å². The molecular formula is C21H29F2N5O2. The maximum atomic E-state index is 14.4. The number of amides is 1. The Balaban J connectivity index is 1.44. The summed E-state index contributed by atoms with van der Waals surface area (Å²) >= 11 is 0. The van der Waals surface area contributed by atoms with Crippen LogP contribution in [0, 0.1) is 0 Å². The molecule has 2 heterocycles. The Kier molecular flexibility index (Phi) is 7.75.